The molecule has 0 saturated carbocycles. The average Bonchev–Trinajstić information content (AvgIpc) is 2.25. The maximum atomic E-state index is 11.1. The van der Waals surface area contributed by atoms with Gasteiger partial charge in [-0.05, 0) is 13.3 Å². The first-order chi connectivity index (χ1) is 7.57. The number of hydrogen-bond acceptors (Lipinski definition) is 4. The molecule has 4 nitrogen and oxygen atoms in total. The van der Waals surface area contributed by atoms with E-state index >= 15 is 0 Å². The van der Waals surface area contributed by atoms with Crippen molar-refractivity contribution in [1.82, 2.24) is 0 Å². The van der Waals surface area contributed by atoms with Crippen molar-refractivity contribution in [2.24, 2.45) is 5.92 Å². The number of carbonyl (C=O) groups is 1. The molecule has 0 fully saturated rings. The summed E-state index contributed by atoms with van der Waals surface area (Å²) in [6, 6.07) is 0. The Balaban J connectivity index is 3.29. The second-order valence-electron chi connectivity index (χ2n) is 4.08. The largest absolute Gasteiger partial charge is 0.463 e. The minimum atomic E-state index is -0.182. The van der Waals surface area contributed by atoms with Gasteiger partial charge >= 0.3 is 5.97 Å². The number of rotatable bonds is 9. The van der Waals surface area contributed by atoms with Crippen molar-refractivity contribution in [2.75, 3.05) is 26.4 Å². The summed E-state index contributed by atoms with van der Waals surface area (Å²) in [7, 11) is 0. The summed E-state index contributed by atoms with van der Waals surface area (Å²) in [6.07, 6.45) is 1.11. The number of carbonyl (C=O) groups excluding carboxylic acids is 1. The lowest BCUT2D eigenvalue weighted by Crippen LogP contribution is -2.20. The van der Waals surface area contributed by atoms with Gasteiger partial charge in [0.05, 0.1) is 25.2 Å². The molecule has 1 unspecified atom stereocenters. The van der Waals surface area contributed by atoms with E-state index in [-0.39, 0.29) is 18.0 Å². The van der Waals surface area contributed by atoms with Crippen LogP contribution in [0.15, 0.2) is 0 Å². The maximum absolute atomic E-state index is 11.1. The molecule has 0 aliphatic carbocycles. The molecule has 0 saturated heterocycles. The summed E-state index contributed by atoms with van der Waals surface area (Å²) in [4.78, 5) is 11.1. The smallest absolute Gasteiger partial charge is 0.308 e. The quantitative estimate of drug-likeness (QED) is 0.450. The minimum absolute atomic E-state index is 0.0770. The van der Waals surface area contributed by atoms with Gasteiger partial charge in [0, 0.05) is 6.61 Å². The summed E-state index contributed by atoms with van der Waals surface area (Å²) in [5, 5.41) is 0. The molecule has 0 aromatic heterocycles. The Morgan fingerprint density at radius 1 is 1.12 bits per heavy atom. The van der Waals surface area contributed by atoms with Gasteiger partial charge in [0.25, 0.3) is 0 Å². The summed E-state index contributed by atoms with van der Waals surface area (Å²) in [5.41, 5.74) is 0. The van der Waals surface area contributed by atoms with Crippen LogP contribution in [0.1, 0.15) is 34.1 Å². The molecule has 96 valence electrons. The van der Waals surface area contributed by atoms with Crippen molar-refractivity contribution >= 4 is 5.97 Å². The third-order valence-electron chi connectivity index (χ3n) is 1.90. The third kappa shape index (κ3) is 8.68. The van der Waals surface area contributed by atoms with Gasteiger partial charge in [0.15, 0.2) is 0 Å². The van der Waals surface area contributed by atoms with Crippen LogP contribution in [-0.4, -0.2) is 38.5 Å². The van der Waals surface area contributed by atoms with Crippen molar-refractivity contribution in [2.45, 2.75) is 40.2 Å². The van der Waals surface area contributed by atoms with E-state index in [0.29, 0.717) is 19.8 Å². The van der Waals surface area contributed by atoms with Crippen LogP contribution in [0.2, 0.25) is 0 Å². The first kappa shape index (κ1) is 15.4. The summed E-state index contributed by atoms with van der Waals surface area (Å²) >= 11 is 0. The standard InChI is InChI=1S/C12H24O4/c1-5-6-15-11(4)9-14-7-8-16-12(13)10(2)3/h10-11H,5-9H2,1-4H3. The van der Waals surface area contributed by atoms with Crippen LogP contribution in [0.4, 0.5) is 0 Å². The lowest BCUT2D eigenvalue weighted by Gasteiger charge is -2.13. The van der Waals surface area contributed by atoms with Gasteiger partial charge in [-0.3, -0.25) is 4.79 Å². The molecule has 1 atom stereocenters. The molecule has 0 spiro atoms. The average molecular weight is 232 g/mol. The monoisotopic (exact) mass is 232 g/mol. The second-order valence-corrected chi connectivity index (χ2v) is 4.08. The van der Waals surface area contributed by atoms with E-state index in [1.165, 1.54) is 0 Å². The Morgan fingerprint density at radius 2 is 1.81 bits per heavy atom. The molecular formula is C12H24O4. The highest BCUT2D eigenvalue weighted by Crippen LogP contribution is 1.96. The maximum Gasteiger partial charge on any atom is 0.308 e. The van der Waals surface area contributed by atoms with Crippen molar-refractivity contribution in [3.63, 3.8) is 0 Å². The lowest BCUT2D eigenvalue weighted by atomic mass is 10.2. The lowest BCUT2D eigenvalue weighted by molar-refractivity contribution is -0.149. The van der Waals surface area contributed by atoms with E-state index in [9.17, 15) is 4.79 Å². The number of esters is 1. The highest BCUT2D eigenvalue weighted by atomic mass is 16.6. The van der Waals surface area contributed by atoms with Crippen LogP contribution in [0, 0.1) is 5.92 Å². The fourth-order valence-corrected chi connectivity index (χ4v) is 0.984. The summed E-state index contributed by atoms with van der Waals surface area (Å²) in [6.45, 7) is 9.70. The van der Waals surface area contributed by atoms with Crippen LogP contribution in [0.25, 0.3) is 0 Å². The Kier molecular flexibility index (Phi) is 9.24. The van der Waals surface area contributed by atoms with Crippen LogP contribution < -0.4 is 0 Å². The van der Waals surface area contributed by atoms with Crippen molar-refractivity contribution in [1.29, 1.82) is 0 Å². The number of ether oxygens (including phenoxy) is 3. The van der Waals surface area contributed by atoms with Crippen molar-refractivity contribution in [3.8, 4) is 0 Å². The van der Waals surface area contributed by atoms with E-state index in [2.05, 4.69) is 6.92 Å². The molecule has 0 N–H and O–H groups in total. The predicted molar refractivity (Wildman–Crippen MR) is 62.3 cm³/mol. The minimum Gasteiger partial charge on any atom is -0.463 e. The van der Waals surface area contributed by atoms with Crippen LogP contribution in [0.3, 0.4) is 0 Å². The van der Waals surface area contributed by atoms with Crippen LogP contribution in [-0.2, 0) is 19.0 Å². The van der Waals surface area contributed by atoms with E-state index in [0.717, 1.165) is 13.0 Å². The van der Waals surface area contributed by atoms with Crippen molar-refractivity contribution < 1.29 is 19.0 Å². The van der Waals surface area contributed by atoms with Crippen LogP contribution >= 0.6 is 0 Å². The molecule has 0 bridgehead atoms. The highest BCUT2D eigenvalue weighted by Gasteiger charge is 2.07. The molecule has 0 aliphatic rings. The molecule has 0 amide bonds. The Bertz CT molecular complexity index is 180. The highest BCUT2D eigenvalue weighted by molar-refractivity contribution is 5.71. The molecule has 4 heteroatoms. The van der Waals surface area contributed by atoms with Gasteiger partial charge < -0.3 is 14.2 Å². The first-order valence-corrected chi connectivity index (χ1v) is 5.93. The zero-order chi connectivity index (χ0) is 12.4. The zero-order valence-corrected chi connectivity index (χ0v) is 10.8. The van der Waals surface area contributed by atoms with Gasteiger partial charge in [0.2, 0.25) is 0 Å². The summed E-state index contributed by atoms with van der Waals surface area (Å²) < 4.78 is 15.7. The third-order valence-corrected chi connectivity index (χ3v) is 1.90. The van der Waals surface area contributed by atoms with E-state index in [1.54, 1.807) is 0 Å². The van der Waals surface area contributed by atoms with Gasteiger partial charge in [-0.25, -0.2) is 0 Å². The first-order valence-electron chi connectivity index (χ1n) is 5.93. The van der Waals surface area contributed by atoms with Gasteiger partial charge in [-0.2, -0.15) is 0 Å². The number of hydrogen-bond donors (Lipinski definition) is 0. The van der Waals surface area contributed by atoms with Gasteiger partial charge in [0.1, 0.15) is 6.61 Å². The van der Waals surface area contributed by atoms with Crippen LogP contribution in [0.5, 0.6) is 0 Å². The fraction of sp³-hybridized carbons (Fsp3) is 0.917. The second kappa shape index (κ2) is 9.60. The van der Waals surface area contributed by atoms with E-state index < -0.39 is 0 Å². The molecule has 0 aromatic rings. The van der Waals surface area contributed by atoms with Gasteiger partial charge in [-0.15, -0.1) is 0 Å². The molecular weight excluding hydrogens is 208 g/mol. The SMILES string of the molecule is CCCOC(C)COCCOC(=O)C(C)C. The molecule has 16 heavy (non-hydrogen) atoms. The Morgan fingerprint density at radius 3 is 2.38 bits per heavy atom. The Labute approximate surface area is 98.3 Å². The molecule has 0 rings (SSSR count). The molecule has 0 heterocycles. The van der Waals surface area contributed by atoms with Gasteiger partial charge in [-0.1, -0.05) is 20.8 Å². The fourth-order valence-electron chi connectivity index (χ4n) is 0.984. The summed E-state index contributed by atoms with van der Waals surface area (Å²) in [5.74, 6) is -0.259. The molecule has 0 aliphatic heterocycles. The normalized spacial score (nSPS) is 12.8. The zero-order valence-electron chi connectivity index (χ0n) is 10.8. The molecule has 0 aromatic carbocycles. The predicted octanol–water partition coefficient (Wildman–Crippen LogP) is 2.02. The van der Waals surface area contributed by atoms with E-state index in [4.69, 9.17) is 14.2 Å². The topological polar surface area (TPSA) is 44.8 Å². The van der Waals surface area contributed by atoms with Crippen molar-refractivity contribution in [3.05, 3.63) is 0 Å². The Hall–Kier alpha value is -0.610. The molecule has 0 radical (unpaired) electrons. The van der Waals surface area contributed by atoms with E-state index in [1.807, 2.05) is 20.8 Å².